The molecule has 7 nitrogen and oxygen atoms in total. The summed E-state index contributed by atoms with van der Waals surface area (Å²) in [5.41, 5.74) is 1.48. The number of carboxylic acid groups (broad SMARTS) is 1. The van der Waals surface area contributed by atoms with Crippen molar-refractivity contribution in [3.05, 3.63) is 24.4 Å². The number of piperazine rings is 1. The van der Waals surface area contributed by atoms with E-state index in [2.05, 4.69) is 14.9 Å². The van der Waals surface area contributed by atoms with Crippen molar-refractivity contribution in [3.63, 3.8) is 0 Å². The van der Waals surface area contributed by atoms with Crippen molar-refractivity contribution in [3.8, 4) is 0 Å². The van der Waals surface area contributed by atoms with Gasteiger partial charge in [-0.15, -0.1) is 0 Å². The average Bonchev–Trinajstić information content (AvgIpc) is 2.81. The molecule has 0 saturated carbocycles. The molecule has 0 aliphatic carbocycles. The van der Waals surface area contributed by atoms with Crippen molar-refractivity contribution in [1.29, 1.82) is 0 Å². The first kappa shape index (κ1) is 11.9. The van der Waals surface area contributed by atoms with Gasteiger partial charge < -0.3 is 14.4 Å². The second kappa shape index (κ2) is 4.85. The van der Waals surface area contributed by atoms with E-state index in [0.717, 1.165) is 5.52 Å². The zero-order valence-corrected chi connectivity index (χ0v) is 10.3. The number of rotatable bonds is 2. The summed E-state index contributed by atoms with van der Waals surface area (Å²) in [5.74, 6) is 0.645. The molecule has 2 aromatic rings. The molecule has 1 fully saturated rings. The fraction of sp³-hybridized carbons (Fsp3) is 0.417. The molecular weight excluding hydrogens is 248 g/mol. The molecule has 1 aliphatic heterocycles. The number of carbonyl (C=O) groups is 1. The summed E-state index contributed by atoms with van der Waals surface area (Å²) in [5, 5.41) is 8.88. The monoisotopic (exact) mass is 262 g/mol. The van der Waals surface area contributed by atoms with Crippen LogP contribution in [0.5, 0.6) is 0 Å². The maximum absolute atomic E-state index is 10.8. The minimum Gasteiger partial charge on any atom is -0.465 e. The van der Waals surface area contributed by atoms with Gasteiger partial charge in [-0.2, -0.15) is 0 Å². The van der Waals surface area contributed by atoms with Gasteiger partial charge in [0.05, 0.1) is 12.7 Å². The molecule has 1 aliphatic rings. The fourth-order valence-electron chi connectivity index (χ4n) is 2.18. The van der Waals surface area contributed by atoms with Crippen molar-refractivity contribution >= 4 is 17.2 Å². The maximum atomic E-state index is 10.8. The number of fused-ring (bicyclic) bond motifs is 1. The smallest absolute Gasteiger partial charge is 0.407 e. The number of aromatic nitrogens is 2. The summed E-state index contributed by atoms with van der Waals surface area (Å²) in [6.07, 6.45) is 2.47. The van der Waals surface area contributed by atoms with Crippen LogP contribution in [0.1, 0.15) is 5.89 Å². The van der Waals surface area contributed by atoms with E-state index in [9.17, 15) is 4.79 Å². The van der Waals surface area contributed by atoms with Gasteiger partial charge in [-0.25, -0.2) is 9.78 Å². The minimum absolute atomic E-state index is 0.525. The zero-order chi connectivity index (χ0) is 13.2. The van der Waals surface area contributed by atoms with Gasteiger partial charge in [-0.1, -0.05) is 0 Å². The largest absolute Gasteiger partial charge is 0.465 e. The van der Waals surface area contributed by atoms with Crippen molar-refractivity contribution in [2.75, 3.05) is 26.2 Å². The lowest BCUT2D eigenvalue weighted by molar-refractivity contribution is 0.0993. The molecule has 0 aromatic carbocycles. The summed E-state index contributed by atoms with van der Waals surface area (Å²) in [4.78, 5) is 22.7. The number of hydrogen-bond donors (Lipinski definition) is 1. The van der Waals surface area contributed by atoms with Crippen LogP contribution in [0.2, 0.25) is 0 Å². The van der Waals surface area contributed by atoms with Gasteiger partial charge in [0.15, 0.2) is 5.58 Å². The van der Waals surface area contributed by atoms with Gasteiger partial charge in [-0.3, -0.25) is 9.88 Å². The molecule has 3 heterocycles. The lowest BCUT2D eigenvalue weighted by atomic mass is 10.3. The van der Waals surface area contributed by atoms with Gasteiger partial charge in [-0.05, 0) is 6.07 Å². The highest BCUT2D eigenvalue weighted by molar-refractivity contribution is 5.70. The number of oxazole rings is 1. The Morgan fingerprint density at radius 1 is 1.37 bits per heavy atom. The summed E-state index contributed by atoms with van der Waals surface area (Å²) in [6, 6.07) is 1.81. The van der Waals surface area contributed by atoms with E-state index >= 15 is 0 Å². The van der Waals surface area contributed by atoms with E-state index in [1.807, 2.05) is 6.07 Å². The lowest BCUT2D eigenvalue weighted by Gasteiger charge is -2.32. The van der Waals surface area contributed by atoms with Crippen LogP contribution in [0.3, 0.4) is 0 Å². The van der Waals surface area contributed by atoms with E-state index in [1.165, 1.54) is 4.90 Å². The summed E-state index contributed by atoms with van der Waals surface area (Å²) in [6.45, 7) is 3.04. The van der Waals surface area contributed by atoms with Crippen molar-refractivity contribution < 1.29 is 14.3 Å². The van der Waals surface area contributed by atoms with Gasteiger partial charge in [0, 0.05) is 32.4 Å². The van der Waals surface area contributed by atoms with Crippen molar-refractivity contribution in [1.82, 2.24) is 19.8 Å². The van der Waals surface area contributed by atoms with Gasteiger partial charge in [0.25, 0.3) is 0 Å². The van der Waals surface area contributed by atoms with E-state index in [-0.39, 0.29) is 0 Å². The highest BCUT2D eigenvalue weighted by atomic mass is 16.4. The Labute approximate surface area is 109 Å². The Morgan fingerprint density at radius 3 is 2.84 bits per heavy atom. The van der Waals surface area contributed by atoms with Crippen molar-refractivity contribution in [2.45, 2.75) is 6.54 Å². The van der Waals surface area contributed by atoms with Crippen LogP contribution in [0.25, 0.3) is 11.1 Å². The predicted molar refractivity (Wildman–Crippen MR) is 66.7 cm³/mol. The quantitative estimate of drug-likeness (QED) is 0.870. The number of nitrogens with zero attached hydrogens (tertiary/aromatic N) is 4. The first-order chi connectivity index (χ1) is 9.22. The topological polar surface area (TPSA) is 82.7 Å². The number of amides is 1. The van der Waals surface area contributed by atoms with Crippen LogP contribution >= 0.6 is 0 Å². The first-order valence-corrected chi connectivity index (χ1v) is 6.12. The minimum atomic E-state index is -0.854. The van der Waals surface area contributed by atoms with E-state index < -0.39 is 6.09 Å². The highest BCUT2D eigenvalue weighted by Gasteiger charge is 2.21. The van der Waals surface area contributed by atoms with Gasteiger partial charge in [0.1, 0.15) is 5.52 Å². The molecule has 0 unspecified atom stereocenters. The molecule has 19 heavy (non-hydrogen) atoms. The van der Waals surface area contributed by atoms with Crippen LogP contribution < -0.4 is 0 Å². The Balaban J connectivity index is 1.64. The Morgan fingerprint density at radius 2 is 2.16 bits per heavy atom. The van der Waals surface area contributed by atoms with Crippen LogP contribution in [0.15, 0.2) is 22.9 Å². The Bertz CT molecular complexity index is 556. The molecule has 0 atom stereocenters. The molecule has 7 heteroatoms. The molecule has 3 rings (SSSR count). The van der Waals surface area contributed by atoms with E-state index in [1.54, 1.807) is 12.4 Å². The van der Waals surface area contributed by atoms with Crippen LogP contribution in [0.4, 0.5) is 4.79 Å². The standard InChI is InChI=1S/C12H14N4O3/c17-12(18)16-5-3-15(4-6-16)8-11-14-9-1-2-13-7-10(9)19-11/h1-2,7H,3-6,8H2,(H,17,18). The van der Waals surface area contributed by atoms with Gasteiger partial charge >= 0.3 is 6.09 Å². The van der Waals surface area contributed by atoms with Gasteiger partial charge in [0.2, 0.25) is 5.89 Å². The molecule has 1 saturated heterocycles. The Kier molecular flexibility index (Phi) is 3.04. The molecule has 1 amide bonds. The third-order valence-corrected chi connectivity index (χ3v) is 3.24. The van der Waals surface area contributed by atoms with Crippen LogP contribution in [0, 0.1) is 0 Å². The third kappa shape index (κ3) is 2.50. The fourth-order valence-corrected chi connectivity index (χ4v) is 2.18. The molecule has 100 valence electrons. The lowest BCUT2D eigenvalue weighted by Crippen LogP contribution is -2.47. The summed E-state index contributed by atoms with van der Waals surface area (Å²) < 4.78 is 5.60. The molecule has 0 bridgehead atoms. The second-order valence-corrected chi connectivity index (χ2v) is 4.50. The first-order valence-electron chi connectivity index (χ1n) is 6.12. The average molecular weight is 262 g/mol. The summed E-state index contributed by atoms with van der Waals surface area (Å²) in [7, 11) is 0. The molecule has 0 radical (unpaired) electrons. The maximum Gasteiger partial charge on any atom is 0.407 e. The normalized spacial score (nSPS) is 16.9. The molecule has 1 N–H and O–H groups in total. The zero-order valence-electron chi connectivity index (χ0n) is 10.3. The summed E-state index contributed by atoms with van der Waals surface area (Å²) >= 11 is 0. The SMILES string of the molecule is O=C(O)N1CCN(Cc2nc3ccncc3o2)CC1. The highest BCUT2D eigenvalue weighted by Crippen LogP contribution is 2.15. The Hall–Kier alpha value is -2.15. The van der Waals surface area contributed by atoms with Crippen LogP contribution in [-0.2, 0) is 6.54 Å². The van der Waals surface area contributed by atoms with Crippen LogP contribution in [-0.4, -0.2) is 57.1 Å². The molecule has 2 aromatic heterocycles. The van der Waals surface area contributed by atoms with E-state index in [0.29, 0.717) is 44.2 Å². The number of hydrogen-bond acceptors (Lipinski definition) is 5. The number of pyridine rings is 1. The third-order valence-electron chi connectivity index (χ3n) is 3.24. The molecule has 0 spiro atoms. The molecular formula is C12H14N4O3. The second-order valence-electron chi connectivity index (χ2n) is 4.50. The van der Waals surface area contributed by atoms with Crippen molar-refractivity contribution in [2.24, 2.45) is 0 Å². The van der Waals surface area contributed by atoms with E-state index in [4.69, 9.17) is 9.52 Å². The predicted octanol–water partition coefficient (Wildman–Crippen LogP) is 1.02.